The maximum Gasteiger partial charge on any atom is 0.237 e. The lowest BCUT2D eigenvalue weighted by Gasteiger charge is -2.32. The van der Waals surface area contributed by atoms with Crippen LogP contribution in [0.2, 0.25) is 0 Å². The van der Waals surface area contributed by atoms with Crippen molar-refractivity contribution in [1.82, 2.24) is 15.2 Å². The van der Waals surface area contributed by atoms with Crippen molar-refractivity contribution in [2.75, 3.05) is 26.2 Å². The minimum Gasteiger partial charge on any atom is -0.342 e. The molecular weight excluding hydrogens is 270 g/mol. The second-order valence-corrected chi connectivity index (χ2v) is 5.77. The molecule has 1 saturated heterocycles. The Morgan fingerprint density at radius 2 is 1.95 bits per heavy atom. The highest BCUT2D eigenvalue weighted by atomic mass is 16.2. The topological polar surface area (TPSA) is 102 Å². The Bertz CT molecular complexity index is 422. The quantitative estimate of drug-likeness (QED) is 0.394. The van der Waals surface area contributed by atoms with Gasteiger partial charge in [0.15, 0.2) is 0 Å². The van der Waals surface area contributed by atoms with E-state index in [1.54, 1.807) is 0 Å². The molecule has 116 valence electrons. The van der Waals surface area contributed by atoms with Crippen molar-refractivity contribution in [2.24, 2.45) is 11.8 Å². The zero-order chi connectivity index (χ0) is 15.2. The zero-order valence-electron chi connectivity index (χ0n) is 12.3. The van der Waals surface area contributed by atoms with Crippen LogP contribution in [0, 0.1) is 17.2 Å². The van der Waals surface area contributed by atoms with Gasteiger partial charge in [-0.1, -0.05) is 0 Å². The number of nitrogens with two attached hydrogens (primary N) is 1. The number of hydrogen-bond donors (Lipinski definition) is 2. The SMILES string of the molecule is N#CCCN(CC(=O)N1CCC(C(=O)NN)CC1)C1CC1. The lowest BCUT2D eigenvalue weighted by molar-refractivity contribution is -0.136. The highest BCUT2D eigenvalue weighted by Crippen LogP contribution is 2.27. The molecule has 3 N–H and O–H groups in total. The highest BCUT2D eigenvalue weighted by Gasteiger charge is 2.32. The minimum atomic E-state index is -0.143. The van der Waals surface area contributed by atoms with Gasteiger partial charge in [-0.25, -0.2) is 5.84 Å². The molecule has 0 aromatic heterocycles. The maximum absolute atomic E-state index is 12.3. The van der Waals surface area contributed by atoms with Gasteiger partial charge in [0.2, 0.25) is 11.8 Å². The number of hydrogen-bond acceptors (Lipinski definition) is 5. The molecule has 1 heterocycles. The molecule has 1 aliphatic carbocycles. The molecule has 0 bridgehead atoms. The van der Waals surface area contributed by atoms with Gasteiger partial charge in [0.25, 0.3) is 0 Å². The Labute approximate surface area is 125 Å². The number of nitrogens with one attached hydrogen (secondary N) is 1. The number of likely N-dealkylation sites (tertiary alicyclic amines) is 1. The fourth-order valence-electron chi connectivity index (χ4n) is 2.81. The number of amides is 2. The van der Waals surface area contributed by atoms with Crippen LogP contribution in [-0.2, 0) is 9.59 Å². The second-order valence-electron chi connectivity index (χ2n) is 5.77. The highest BCUT2D eigenvalue weighted by molar-refractivity contribution is 5.80. The summed E-state index contributed by atoms with van der Waals surface area (Å²) >= 11 is 0. The first kappa shape index (κ1) is 15.7. The number of piperidine rings is 1. The molecule has 0 atom stereocenters. The van der Waals surface area contributed by atoms with E-state index in [0.717, 1.165) is 12.8 Å². The van der Waals surface area contributed by atoms with E-state index in [1.165, 1.54) is 0 Å². The summed E-state index contributed by atoms with van der Waals surface area (Å²) < 4.78 is 0. The first-order chi connectivity index (χ1) is 10.2. The van der Waals surface area contributed by atoms with E-state index < -0.39 is 0 Å². The summed E-state index contributed by atoms with van der Waals surface area (Å²) in [5.41, 5.74) is 2.18. The summed E-state index contributed by atoms with van der Waals surface area (Å²) in [6.07, 6.45) is 4.03. The van der Waals surface area contributed by atoms with E-state index in [1.807, 2.05) is 4.90 Å². The maximum atomic E-state index is 12.3. The Hall–Kier alpha value is -1.65. The van der Waals surface area contributed by atoms with Crippen molar-refractivity contribution >= 4 is 11.8 Å². The predicted molar refractivity (Wildman–Crippen MR) is 76.5 cm³/mol. The standard InChI is InChI=1S/C14H23N5O2/c15-6-1-7-19(12-2-3-12)10-13(20)18-8-4-11(5-9-18)14(21)17-16/h11-12H,1-5,7-10,16H2,(H,17,21). The van der Waals surface area contributed by atoms with Crippen molar-refractivity contribution in [1.29, 1.82) is 5.26 Å². The summed E-state index contributed by atoms with van der Waals surface area (Å²) in [6, 6.07) is 2.61. The van der Waals surface area contributed by atoms with E-state index >= 15 is 0 Å². The molecule has 0 spiro atoms. The molecule has 2 aliphatic rings. The first-order valence-electron chi connectivity index (χ1n) is 7.55. The number of rotatable bonds is 6. The van der Waals surface area contributed by atoms with Gasteiger partial charge in [0.05, 0.1) is 12.6 Å². The molecule has 0 aromatic rings. The Kier molecular flexibility index (Phi) is 5.53. The summed E-state index contributed by atoms with van der Waals surface area (Å²) in [5.74, 6) is 5.01. The molecular formula is C14H23N5O2. The molecule has 0 unspecified atom stereocenters. The van der Waals surface area contributed by atoms with Gasteiger partial charge in [-0.15, -0.1) is 0 Å². The summed E-state index contributed by atoms with van der Waals surface area (Å²) in [7, 11) is 0. The van der Waals surface area contributed by atoms with Crippen molar-refractivity contribution in [3.63, 3.8) is 0 Å². The predicted octanol–water partition coefficient (Wildman–Crippen LogP) is -0.407. The largest absolute Gasteiger partial charge is 0.342 e. The average molecular weight is 293 g/mol. The Morgan fingerprint density at radius 1 is 1.29 bits per heavy atom. The van der Waals surface area contributed by atoms with Gasteiger partial charge in [-0.05, 0) is 25.7 Å². The van der Waals surface area contributed by atoms with E-state index in [0.29, 0.717) is 51.5 Å². The van der Waals surface area contributed by atoms with Crippen molar-refractivity contribution < 1.29 is 9.59 Å². The van der Waals surface area contributed by atoms with Crippen molar-refractivity contribution in [3.05, 3.63) is 0 Å². The van der Waals surface area contributed by atoms with Crippen LogP contribution in [0.5, 0.6) is 0 Å². The molecule has 7 heteroatoms. The molecule has 2 amide bonds. The molecule has 0 aromatic carbocycles. The van der Waals surface area contributed by atoms with Crippen LogP contribution in [0.4, 0.5) is 0 Å². The number of hydrazine groups is 1. The van der Waals surface area contributed by atoms with Gasteiger partial charge in [-0.3, -0.25) is 19.9 Å². The third-order valence-corrected chi connectivity index (χ3v) is 4.27. The van der Waals surface area contributed by atoms with Crippen LogP contribution in [0.3, 0.4) is 0 Å². The molecule has 0 radical (unpaired) electrons. The third-order valence-electron chi connectivity index (χ3n) is 4.27. The average Bonchev–Trinajstić information content (AvgIpc) is 3.35. The van der Waals surface area contributed by atoms with Gasteiger partial charge >= 0.3 is 0 Å². The number of carbonyl (C=O) groups is 2. The zero-order valence-corrected chi connectivity index (χ0v) is 12.3. The first-order valence-corrected chi connectivity index (χ1v) is 7.55. The van der Waals surface area contributed by atoms with E-state index in [4.69, 9.17) is 11.1 Å². The lowest BCUT2D eigenvalue weighted by Crippen LogP contribution is -2.47. The van der Waals surface area contributed by atoms with Gasteiger partial charge in [0.1, 0.15) is 0 Å². The van der Waals surface area contributed by atoms with Crippen molar-refractivity contribution in [2.45, 2.75) is 38.1 Å². The molecule has 21 heavy (non-hydrogen) atoms. The number of carbonyl (C=O) groups excluding carboxylic acids is 2. The molecule has 7 nitrogen and oxygen atoms in total. The fraction of sp³-hybridized carbons (Fsp3) is 0.786. The van der Waals surface area contributed by atoms with Crippen LogP contribution in [0.25, 0.3) is 0 Å². The van der Waals surface area contributed by atoms with Crippen molar-refractivity contribution in [3.8, 4) is 6.07 Å². The van der Waals surface area contributed by atoms with E-state index in [9.17, 15) is 9.59 Å². The monoisotopic (exact) mass is 293 g/mol. The normalized spacial score (nSPS) is 19.4. The van der Waals surface area contributed by atoms with Gasteiger partial charge in [0, 0.05) is 38.0 Å². The minimum absolute atomic E-state index is 0.0859. The molecule has 2 rings (SSSR count). The summed E-state index contributed by atoms with van der Waals surface area (Å²) in [4.78, 5) is 27.7. The van der Waals surface area contributed by atoms with Crippen LogP contribution in [0.1, 0.15) is 32.1 Å². The van der Waals surface area contributed by atoms with Crippen LogP contribution < -0.4 is 11.3 Å². The van der Waals surface area contributed by atoms with Gasteiger partial charge in [-0.2, -0.15) is 5.26 Å². The second kappa shape index (κ2) is 7.38. The van der Waals surface area contributed by atoms with E-state index in [-0.39, 0.29) is 17.7 Å². The summed E-state index contributed by atoms with van der Waals surface area (Å²) in [6.45, 7) is 2.26. The lowest BCUT2D eigenvalue weighted by atomic mass is 9.96. The Balaban J connectivity index is 1.78. The summed E-state index contributed by atoms with van der Waals surface area (Å²) in [5, 5.41) is 8.68. The molecule has 1 saturated carbocycles. The molecule has 2 fully saturated rings. The Morgan fingerprint density at radius 3 is 2.48 bits per heavy atom. The molecule has 1 aliphatic heterocycles. The van der Waals surface area contributed by atoms with E-state index in [2.05, 4.69) is 16.4 Å². The third kappa shape index (κ3) is 4.41. The van der Waals surface area contributed by atoms with Crippen LogP contribution >= 0.6 is 0 Å². The van der Waals surface area contributed by atoms with Gasteiger partial charge < -0.3 is 4.90 Å². The van der Waals surface area contributed by atoms with Crippen LogP contribution in [-0.4, -0.2) is 53.8 Å². The number of nitrogens with zero attached hydrogens (tertiary/aromatic N) is 3. The fourth-order valence-corrected chi connectivity index (χ4v) is 2.81. The smallest absolute Gasteiger partial charge is 0.237 e. The van der Waals surface area contributed by atoms with Crippen LogP contribution in [0.15, 0.2) is 0 Å². The number of nitriles is 1.